The van der Waals surface area contributed by atoms with E-state index >= 15 is 0 Å². The zero-order chi connectivity index (χ0) is 17.3. The van der Waals surface area contributed by atoms with Gasteiger partial charge in [-0.2, -0.15) is 0 Å². The maximum absolute atomic E-state index is 12.1. The van der Waals surface area contributed by atoms with Gasteiger partial charge in [0.05, 0.1) is 12.7 Å². The second-order valence-corrected chi connectivity index (χ2v) is 5.79. The molecule has 1 aliphatic rings. The van der Waals surface area contributed by atoms with Gasteiger partial charge in [0.2, 0.25) is 0 Å². The Bertz CT molecular complexity index is 810. The minimum Gasteiger partial charge on any atom is -0.464 e. The number of imide groups is 1. The highest BCUT2D eigenvalue weighted by molar-refractivity contribution is 5.98. The van der Waals surface area contributed by atoms with Crippen molar-refractivity contribution >= 4 is 28.9 Å². The summed E-state index contributed by atoms with van der Waals surface area (Å²) in [5.74, 6) is -1.07. The third-order valence-electron chi connectivity index (χ3n) is 3.92. The molecule has 0 aliphatic carbocycles. The summed E-state index contributed by atoms with van der Waals surface area (Å²) in [6, 6.07) is 5.26. The fourth-order valence-electron chi connectivity index (χ4n) is 2.67. The third kappa shape index (κ3) is 3.10. The number of carbonyl (C=O) groups excluding carboxylic acids is 3. The van der Waals surface area contributed by atoms with Gasteiger partial charge in [-0.25, -0.2) is 4.79 Å². The number of nitrogens with zero attached hydrogens (tertiary/aromatic N) is 1. The molecular weight excluding hydrogens is 312 g/mol. The fourth-order valence-corrected chi connectivity index (χ4v) is 2.67. The number of hydrogen-bond acceptors (Lipinski definition) is 5. The van der Waals surface area contributed by atoms with E-state index in [1.54, 1.807) is 0 Å². The molecule has 1 atom stereocenters. The van der Waals surface area contributed by atoms with Gasteiger partial charge in [0.1, 0.15) is 5.58 Å². The van der Waals surface area contributed by atoms with Crippen molar-refractivity contribution in [2.45, 2.75) is 26.4 Å². The molecular formula is C17H18N2O5. The number of benzene rings is 1. The molecule has 7 heteroatoms. The molecule has 3 amide bonds. The summed E-state index contributed by atoms with van der Waals surface area (Å²) < 4.78 is 10.6. The molecule has 1 saturated heterocycles. The molecule has 7 nitrogen and oxygen atoms in total. The van der Waals surface area contributed by atoms with Gasteiger partial charge in [0.15, 0.2) is 6.10 Å². The first kappa shape index (κ1) is 16.0. The fraction of sp³-hybridized carbons (Fsp3) is 0.353. The quantitative estimate of drug-likeness (QED) is 0.863. The molecule has 0 unspecified atom stereocenters. The maximum Gasteiger partial charge on any atom is 0.324 e. The van der Waals surface area contributed by atoms with E-state index in [2.05, 4.69) is 5.32 Å². The van der Waals surface area contributed by atoms with Gasteiger partial charge in [-0.3, -0.25) is 14.5 Å². The lowest BCUT2D eigenvalue weighted by atomic mass is 10.1. The van der Waals surface area contributed by atoms with Crippen molar-refractivity contribution in [2.75, 3.05) is 13.1 Å². The molecule has 0 spiro atoms. The number of fused-ring (bicyclic) bond motifs is 1. The summed E-state index contributed by atoms with van der Waals surface area (Å²) in [6.07, 6.45) is 0.507. The van der Waals surface area contributed by atoms with E-state index in [1.165, 1.54) is 13.2 Å². The minimum atomic E-state index is -1.01. The highest BCUT2D eigenvalue weighted by Crippen LogP contribution is 2.23. The first-order valence-corrected chi connectivity index (χ1v) is 7.71. The highest BCUT2D eigenvalue weighted by Gasteiger charge is 2.31. The number of esters is 1. The second kappa shape index (κ2) is 6.35. The molecule has 2 aromatic rings. The molecule has 0 radical (unpaired) electrons. The van der Waals surface area contributed by atoms with Crippen molar-refractivity contribution in [2.24, 2.45) is 0 Å². The van der Waals surface area contributed by atoms with Crippen LogP contribution < -0.4 is 5.32 Å². The molecule has 2 heterocycles. The van der Waals surface area contributed by atoms with Crippen molar-refractivity contribution in [1.29, 1.82) is 0 Å². The number of aryl methyl sites for hydroxylation is 1. The van der Waals surface area contributed by atoms with E-state index in [4.69, 9.17) is 9.15 Å². The SMILES string of the molecule is Cc1ccc2c(CC(=O)O[C@H](C)C(=O)N3CCNC3=O)coc2c1. The Kier molecular flexibility index (Phi) is 4.24. The van der Waals surface area contributed by atoms with Crippen molar-refractivity contribution < 1.29 is 23.5 Å². The predicted octanol–water partition coefficient (Wildman–Crippen LogP) is 1.77. The van der Waals surface area contributed by atoms with Gasteiger partial charge in [0, 0.05) is 24.0 Å². The number of carbonyl (C=O) groups is 3. The minimum absolute atomic E-state index is 0.000122. The summed E-state index contributed by atoms with van der Waals surface area (Å²) in [5.41, 5.74) is 2.47. The van der Waals surface area contributed by atoms with Crippen molar-refractivity contribution in [3.05, 3.63) is 35.6 Å². The third-order valence-corrected chi connectivity index (χ3v) is 3.92. The van der Waals surface area contributed by atoms with Gasteiger partial charge in [-0.1, -0.05) is 12.1 Å². The first-order chi connectivity index (χ1) is 11.5. The van der Waals surface area contributed by atoms with Gasteiger partial charge in [0.25, 0.3) is 5.91 Å². The Balaban J connectivity index is 1.64. The van der Waals surface area contributed by atoms with E-state index in [0.29, 0.717) is 17.7 Å². The number of rotatable bonds is 4. The van der Waals surface area contributed by atoms with Crippen LogP contribution in [0.15, 0.2) is 28.9 Å². The lowest BCUT2D eigenvalue weighted by molar-refractivity contribution is -0.156. The lowest BCUT2D eigenvalue weighted by Crippen LogP contribution is -2.42. The number of furan rings is 1. The molecule has 1 aliphatic heterocycles. The Morgan fingerprint density at radius 3 is 2.92 bits per heavy atom. The first-order valence-electron chi connectivity index (χ1n) is 7.71. The number of amides is 3. The largest absolute Gasteiger partial charge is 0.464 e. The lowest BCUT2D eigenvalue weighted by Gasteiger charge is -2.18. The van der Waals surface area contributed by atoms with E-state index in [0.717, 1.165) is 15.8 Å². The van der Waals surface area contributed by atoms with Gasteiger partial charge in [-0.15, -0.1) is 0 Å². The van der Waals surface area contributed by atoms with E-state index < -0.39 is 24.0 Å². The smallest absolute Gasteiger partial charge is 0.324 e. The highest BCUT2D eigenvalue weighted by atomic mass is 16.5. The number of nitrogens with one attached hydrogen (secondary N) is 1. The summed E-state index contributed by atoms with van der Waals surface area (Å²) >= 11 is 0. The van der Waals surface area contributed by atoms with Crippen LogP contribution in [0.3, 0.4) is 0 Å². The summed E-state index contributed by atoms with van der Waals surface area (Å²) in [7, 11) is 0. The standard InChI is InChI=1S/C17H18N2O5/c1-10-3-4-13-12(9-23-14(13)7-10)8-15(20)24-11(2)16(21)19-6-5-18-17(19)22/h3-4,7,9,11H,5-6,8H2,1-2H3,(H,18,22)/t11-/m1/s1. The Morgan fingerprint density at radius 1 is 1.42 bits per heavy atom. The molecule has 1 fully saturated rings. The van der Waals surface area contributed by atoms with Crippen LogP contribution in [-0.2, 0) is 20.7 Å². The van der Waals surface area contributed by atoms with Crippen LogP contribution in [0, 0.1) is 6.92 Å². The molecule has 126 valence electrons. The Morgan fingerprint density at radius 2 is 2.21 bits per heavy atom. The molecule has 1 N–H and O–H groups in total. The van der Waals surface area contributed by atoms with E-state index in [1.807, 2.05) is 25.1 Å². The van der Waals surface area contributed by atoms with E-state index in [9.17, 15) is 14.4 Å². The van der Waals surface area contributed by atoms with Gasteiger partial charge < -0.3 is 14.5 Å². The molecule has 0 bridgehead atoms. The summed E-state index contributed by atoms with van der Waals surface area (Å²) in [6.45, 7) is 4.11. The zero-order valence-corrected chi connectivity index (χ0v) is 13.5. The summed E-state index contributed by atoms with van der Waals surface area (Å²) in [5, 5.41) is 3.38. The molecule has 3 rings (SSSR count). The van der Waals surface area contributed by atoms with Crippen LogP contribution in [0.1, 0.15) is 18.1 Å². The predicted molar refractivity (Wildman–Crippen MR) is 85.3 cm³/mol. The van der Waals surface area contributed by atoms with E-state index in [-0.39, 0.29) is 13.0 Å². The monoisotopic (exact) mass is 330 g/mol. The van der Waals surface area contributed by atoms with Crippen LogP contribution in [0.5, 0.6) is 0 Å². The number of urea groups is 1. The van der Waals surface area contributed by atoms with Crippen LogP contribution in [-0.4, -0.2) is 42.0 Å². The molecule has 1 aromatic heterocycles. The van der Waals surface area contributed by atoms with Crippen molar-refractivity contribution in [3.63, 3.8) is 0 Å². The maximum atomic E-state index is 12.1. The number of hydrogen-bond donors (Lipinski definition) is 1. The second-order valence-electron chi connectivity index (χ2n) is 5.79. The van der Waals surface area contributed by atoms with Gasteiger partial charge >= 0.3 is 12.0 Å². The average Bonchev–Trinajstić information content (AvgIpc) is 3.12. The van der Waals surface area contributed by atoms with Crippen LogP contribution in [0.25, 0.3) is 11.0 Å². The zero-order valence-electron chi connectivity index (χ0n) is 13.5. The topological polar surface area (TPSA) is 88.9 Å². The molecule has 1 aromatic carbocycles. The van der Waals surface area contributed by atoms with Crippen molar-refractivity contribution in [1.82, 2.24) is 10.2 Å². The molecule has 24 heavy (non-hydrogen) atoms. The number of ether oxygens (including phenoxy) is 1. The Labute approximate surface area is 138 Å². The van der Waals surface area contributed by atoms with Crippen LogP contribution in [0.2, 0.25) is 0 Å². The van der Waals surface area contributed by atoms with Crippen LogP contribution >= 0.6 is 0 Å². The normalized spacial score (nSPS) is 15.4. The Hall–Kier alpha value is -2.83. The van der Waals surface area contributed by atoms with Crippen molar-refractivity contribution in [3.8, 4) is 0 Å². The molecule has 0 saturated carbocycles. The van der Waals surface area contributed by atoms with Gasteiger partial charge in [-0.05, 0) is 25.5 Å². The summed E-state index contributed by atoms with van der Waals surface area (Å²) in [4.78, 5) is 36.7. The average molecular weight is 330 g/mol. The van der Waals surface area contributed by atoms with Crippen LogP contribution in [0.4, 0.5) is 4.79 Å².